The Kier molecular flexibility index (Phi) is 9.56. The van der Waals surface area contributed by atoms with Crippen LogP contribution < -0.4 is 11.5 Å². The molecule has 2 atom stereocenters. The van der Waals surface area contributed by atoms with E-state index in [1.165, 1.54) is 0 Å². The average Bonchev–Trinajstić information content (AvgIpc) is 2.50. The predicted octanol–water partition coefficient (Wildman–Crippen LogP) is 0.670. The molecule has 0 fully saturated rings. The zero-order valence-corrected chi connectivity index (χ0v) is 15.4. The maximum atomic E-state index is 11.9. The van der Waals surface area contributed by atoms with Crippen molar-refractivity contribution >= 4 is 45.1 Å². The summed E-state index contributed by atoms with van der Waals surface area (Å²) in [4.78, 5) is 46.4. The molecule has 138 valence electrons. The number of carbonyl (C=O) groups excluding carboxylic acids is 2. The molecule has 0 bridgehead atoms. The summed E-state index contributed by atoms with van der Waals surface area (Å²) in [6.45, 7) is 3.47. The monoisotopic (exact) mass is 380 g/mol. The van der Waals surface area contributed by atoms with E-state index in [-0.39, 0.29) is 24.3 Å². The van der Waals surface area contributed by atoms with Crippen molar-refractivity contribution in [3.05, 3.63) is 0 Å². The second kappa shape index (κ2) is 10.0. The van der Waals surface area contributed by atoms with Gasteiger partial charge in [-0.1, -0.05) is 35.4 Å². The summed E-state index contributed by atoms with van der Waals surface area (Å²) in [7, 11) is 1.83. The van der Waals surface area contributed by atoms with E-state index < -0.39 is 34.6 Å². The topological polar surface area (TPSA) is 161 Å². The summed E-state index contributed by atoms with van der Waals surface area (Å²) in [5.74, 6) is -4.55. The van der Waals surface area contributed by atoms with Crippen molar-refractivity contribution in [2.75, 3.05) is 11.5 Å². The van der Waals surface area contributed by atoms with Crippen LogP contribution in [0.25, 0.3) is 0 Å². The van der Waals surface area contributed by atoms with E-state index >= 15 is 0 Å². The highest BCUT2D eigenvalue weighted by Gasteiger charge is 2.43. The highest BCUT2D eigenvalue weighted by Crippen LogP contribution is 2.29. The van der Waals surface area contributed by atoms with Gasteiger partial charge in [0, 0.05) is 24.3 Å². The number of carboxylic acid groups (broad SMARTS) is 2. The summed E-state index contributed by atoms with van der Waals surface area (Å²) in [5.41, 5.74) is 7.30. The van der Waals surface area contributed by atoms with Crippen LogP contribution in [-0.2, 0) is 19.2 Å². The van der Waals surface area contributed by atoms with Crippen molar-refractivity contribution in [3.8, 4) is 0 Å². The van der Waals surface area contributed by atoms with Crippen LogP contribution in [0.15, 0.2) is 0 Å². The smallest absolute Gasteiger partial charge is 0.332 e. The molecule has 0 radical (unpaired) electrons. The van der Waals surface area contributed by atoms with E-state index in [1.807, 2.05) is 0 Å². The molecule has 0 aliphatic heterocycles. The first-order chi connectivity index (χ1) is 11.1. The minimum atomic E-state index is -2.04. The van der Waals surface area contributed by atoms with Gasteiger partial charge in [0.15, 0.2) is 22.6 Å². The van der Waals surface area contributed by atoms with Gasteiger partial charge in [-0.05, 0) is 12.8 Å². The Morgan fingerprint density at radius 2 is 1.08 bits per heavy atom. The summed E-state index contributed by atoms with van der Waals surface area (Å²) < 4.78 is 0. The SMILES string of the molecule is CCCC(=O)C(N)(CSSCC(N)(C(=O)O)C(=O)CCC)C(=O)O. The van der Waals surface area contributed by atoms with Gasteiger partial charge in [0.05, 0.1) is 0 Å². The van der Waals surface area contributed by atoms with Gasteiger partial charge in [0.2, 0.25) is 0 Å². The van der Waals surface area contributed by atoms with E-state index in [4.69, 9.17) is 11.5 Å². The van der Waals surface area contributed by atoms with E-state index in [0.29, 0.717) is 12.8 Å². The molecule has 0 aliphatic carbocycles. The van der Waals surface area contributed by atoms with E-state index in [1.54, 1.807) is 13.8 Å². The van der Waals surface area contributed by atoms with E-state index in [9.17, 15) is 29.4 Å². The fourth-order valence-corrected chi connectivity index (χ4v) is 4.42. The number of carboxylic acids is 2. The second-order valence-electron chi connectivity index (χ2n) is 5.42. The Hall–Kier alpha value is -1.10. The minimum Gasteiger partial charge on any atom is -0.480 e. The number of hydrogen-bond acceptors (Lipinski definition) is 8. The van der Waals surface area contributed by atoms with Crippen molar-refractivity contribution in [1.29, 1.82) is 0 Å². The van der Waals surface area contributed by atoms with Gasteiger partial charge in [-0.3, -0.25) is 9.59 Å². The standard InChI is InChI=1S/C14H24N2O6S2/c1-3-5-9(17)13(15,11(19)20)7-23-24-8-14(16,12(21)22)10(18)6-4-2/h3-8,15-16H2,1-2H3,(H,19,20)(H,21,22). The number of ketones is 2. The number of nitrogens with two attached hydrogens (primary N) is 2. The van der Waals surface area contributed by atoms with Crippen molar-refractivity contribution in [1.82, 2.24) is 0 Å². The molecule has 0 heterocycles. The lowest BCUT2D eigenvalue weighted by molar-refractivity contribution is -0.148. The van der Waals surface area contributed by atoms with Crippen LogP contribution in [0.3, 0.4) is 0 Å². The summed E-state index contributed by atoms with van der Waals surface area (Å²) in [6.07, 6.45) is 1.02. The highest BCUT2D eigenvalue weighted by molar-refractivity contribution is 8.76. The molecule has 0 aromatic carbocycles. The molecule has 0 aromatic rings. The van der Waals surface area contributed by atoms with Gasteiger partial charge in [0.1, 0.15) is 0 Å². The Labute approximate surface area is 148 Å². The highest BCUT2D eigenvalue weighted by atomic mass is 33.1. The van der Waals surface area contributed by atoms with Crippen LogP contribution in [0.1, 0.15) is 39.5 Å². The fourth-order valence-electron chi connectivity index (χ4n) is 1.69. The van der Waals surface area contributed by atoms with Crippen molar-refractivity contribution in [2.24, 2.45) is 11.5 Å². The van der Waals surface area contributed by atoms with Crippen LogP contribution in [0.2, 0.25) is 0 Å². The zero-order chi connectivity index (χ0) is 19.0. The molecular formula is C14H24N2O6S2. The molecule has 8 nitrogen and oxygen atoms in total. The van der Waals surface area contributed by atoms with Crippen LogP contribution in [0, 0.1) is 0 Å². The molecule has 6 N–H and O–H groups in total. The predicted molar refractivity (Wildman–Crippen MR) is 93.9 cm³/mol. The van der Waals surface area contributed by atoms with E-state index in [2.05, 4.69) is 0 Å². The molecule has 2 unspecified atom stereocenters. The average molecular weight is 380 g/mol. The van der Waals surface area contributed by atoms with Gasteiger partial charge in [-0.15, -0.1) is 0 Å². The first-order valence-corrected chi connectivity index (χ1v) is 9.90. The third-order valence-electron chi connectivity index (χ3n) is 3.37. The third kappa shape index (κ3) is 5.76. The lowest BCUT2D eigenvalue weighted by Gasteiger charge is -2.24. The van der Waals surface area contributed by atoms with Gasteiger partial charge < -0.3 is 21.7 Å². The number of hydrogen-bond donors (Lipinski definition) is 4. The van der Waals surface area contributed by atoms with Crippen LogP contribution >= 0.6 is 21.6 Å². The van der Waals surface area contributed by atoms with Crippen molar-refractivity contribution < 1.29 is 29.4 Å². The molecule has 0 saturated carbocycles. The number of rotatable bonds is 13. The summed E-state index contributed by atoms with van der Waals surface area (Å²) in [6, 6.07) is 0. The Morgan fingerprint density at radius 1 is 0.792 bits per heavy atom. The summed E-state index contributed by atoms with van der Waals surface area (Å²) >= 11 is 0. The first-order valence-electron chi connectivity index (χ1n) is 7.41. The number of Topliss-reactive ketones (excluding diaryl/α,β-unsaturated/α-hetero) is 2. The first kappa shape index (κ1) is 22.9. The molecule has 0 aromatic heterocycles. The Balaban J connectivity index is 4.82. The van der Waals surface area contributed by atoms with Gasteiger partial charge in [0.25, 0.3) is 0 Å². The molecule has 0 aliphatic rings. The normalized spacial score (nSPS) is 16.0. The van der Waals surface area contributed by atoms with Crippen LogP contribution in [0.5, 0.6) is 0 Å². The maximum absolute atomic E-state index is 11.9. The number of carbonyl (C=O) groups is 4. The lowest BCUT2D eigenvalue weighted by Crippen LogP contribution is -2.57. The summed E-state index contributed by atoms with van der Waals surface area (Å²) in [5, 5.41) is 18.4. The zero-order valence-electron chi connectivity index (χ0n) is 13.7. The maximum Gasteiger partial charge on any atom is 0.332 e. The van der Waals surface area contributed by atoms with Gasteiger partial charge >= 0.3 is 11.9 Å². The Bertz CT molecular complexity index is 458. The van der Waals surface area contributed by atoms with Gasteiger partial charge in [-0.25, -0.2) is 9.59 Å². The minimum absolute atomic E-state index is 0.0406. The van der Waals surface area contributed by atoms with Crippen molar-refractivity contribution in [3.63, 3.8) is 0 Å². The van der Waals surface area contributed by atoms with Crippen LogP contribution in [0.4, 0.5) is 0 Å². The van der Waals surface area contributed by atoms with Crippen molar-refractivity contribution in [2.45, 2.75) is 50.6 Å². The largest absolute Gasteiger partial charge is 0.480 e. The quantitative estimate of drug-likeness (QED) is 0.203. The molecule has 0 saturated heterocycles. The second-order valence-corrected chi connectivity index (χ2v) is 7.89. The molecule has 24 heavy (non-hydrogen) atoms. The molecule has 0 rings (SSSR count). The van der Waals surface area contributed by atoms with Gasteiger partial charge in [-0.2, -0.15) is 0 Å². The molecule has 10 heteroatoms. The number of aliphatic carboxylic acids is 2. The lowest BCUT2D eigenvalue weighted by atomic mass is 9.94. The fraction of sp³-hybridized carbons (Fsp3) is 0.714. The van der Waals surface area contributed by atoms with E-state index in [0.717, 1.165) is 21.6 Å². The molecule has 0 spiro atoms. The third-order valence-corrected chi connectivity index (χ3v) is 5.89. The van der Waals surface area contributed by atoms with Crippen LogP contribution in [-0.4, -0.2) is 56.3 Å². The molecule has 0 amide bonds. The molecular weight excluding hydrogens is 356 g/mol. The Morgan fingerprint density at radius 3 is 1.29 bits per heavy atom.